The number of fused-ring (bicyclic) bond motifs is 3. The fourth-order valence-electron chi connectivity index (χ4n) is 2.26. The SMILES string of the molecule is N#CC1=C(O)SC(=N)C2=C(N)n3cccc3[C@@H]12. The molecule has 2 aliphatic rings. The smallest absolute Gasteiger partial charge is 0.171 e. The van der Waals surface area contributed by atoms with E-state index in [0.29, 0.717) is 11.4 Å². The molecule has 0 fully saturated rings. The second-order valence-corrected chi connectivity index (χ2v) is 4.80. The van der Waals surface area contributed by atoms with Crippen molar-refractivity contribution in [2.75, 3.05) is 0 Å². The average molecular weight is 244 g/mol. The molecule has 0 radical (unpaired) electrons. The third-order valence-corrected chi connectivity index (χ3v) is 3.82. The van der Waals surface area contributed by atoms with Crippen molar-refractivity contribution in [2.24, 2.45) is 5.73 Å². The normalized spacial score (nSPS) is 22.5. The first kappa shape index (κ1) is 10.1. The van der Waals surface area contributed by atoms with Crippen LogP contribution >= 0.6 is 11.8 Å². The lowest BCUT2D eigenvalue weighted by atomic mass is 9.91. The number of nitrogens with zero attached hydrogens (tertiary/aromatic N) is 2. The Hall–Kier alpha value is -2.13. The van der Waals surface area contributed by atoms with Gasteiger partial charge >= 0.3 is 0 Å². The van der Waals surface area contributed by atoms with Gasteiger partial charge in [0.25, 0.3) is 0 Å². The van der Waals surface area contributed by atoms with Crippen LogP contribution in [-0.2, 0) is 0 Å². The zero-order valence-corrected chi connectivity index (χ0v) is 9.45. The van der Waals surface area contributed by atoms with Gasteiger partial charge in [-0.05, 0) is 23.9 Å². The molecule has 0 aromatic carbocycles. The molecule has 1 atom stereocenters. The number of aliphatic hydroxyl groups excluding tert-OH is 1. The largest absolute Gasteiger partial charge is 0.501 e. The highest BCUT2D eigenvalue weighted by Crippen LogP contribution is 2.48. The summed E-state index contributed by atoms with van der Waals surface area (Å²) in [6, 6.07) is 5.68. The van der Waals surface area contributed by atoms with Crippen LogP contribution in [0.25, 0.3) is 5.82 Å². The molecule has 0 unspecified atom stereocenters. The van der Waals surface area contributed by atoms with Crippen LogP contribution in [0.5, 0.6) is 0 Å². The summed E-state index contributed by atoms with van der Waals surface area (Å²) in [5.41, 5.74) is 7.67. The predicted octanol–water partition coefficient (Wildman–Crippen LogP) is 1.73. The Kier molecular flexibility index (Phi) is 1.88. The third kappa shape index (κ3) is 1.11. The number of nitrogens with one attached hydrogen (secondary N) is 1. The number of thioether (sulfide) groups is 1. The fraction of sp³-hybridized carbons (Fsp3) is 0.0909. The van der Waals surface area contributed by atoms with Crippen LogP contribution in [0, 0.1) is 16.7 Å². The number of nitrogens with two attached hydrogens (primary N) is 1. The number of hydrogen-bond donors (Lipinski definition) is 3. The summed E-state index contributed by atoms with van der Waals surface area (Å²) in [4.78, 5) is 0. The van der Waals surface area contributed by atoms with Gasteiger partial charge in [0.1, 0.15) is 16.9 Å². The number of rotatable bonds is 0. The van der Waals surface area contributed by atoms with E-state index in [4.69, 9.17) is 16.4 Å². The highest BCUT2D eigenvalue weighted by molar-refractivity contribution is 8.17. The van der Waals surface area contributed by atoms with Crippen molar-refractivity contribution in [2.45, 2.75) is 5.92 Å². The molecule has 0 amide bonds. The molecule has 4 N–H and O–H groups in total. The van der Waals surface area contributed by atoms with Gasteiger partial charge in [-0.15, -0.1) is 0 Å². The molecule has 2 aliphatic heterocycles. The summed E-state index contributed by atoms with van der Waals surface area (Å²) in [5.74, 6) is 0.0662. The van der Waals surface area contributed by atoms with Gasteiger partial charge in [-0.1, -0.05) is 0 Å². The summed E-state index contributed by atoms with van der Waals surface area (Å²) in [6.45, 7) is 0. The van der Waals surface area contributed by atoms with Crippen molar-refractivity contribution >= 4 is 22.6 Å². The van der Waals surface area contributed by atoms with Gasteiger partial charge in [0.2, 0.25) is 0 Å². The maximum Gasteiger partial charge on any atom is 0.171 e. The molecule has 5 nitrogen and oxygen atoms in total. The van der Waals surface area contributed by atoms with E-state index < -0.39 is 5.92 Å². The summed E-state index contributed by atoms with van der Waals surface area (Å²) < 4.78 is 1.76. The molecule has 1 aromatic rings. The maximum atomic E-state index is 9.74. The summed E-state index contributed by atoms with van der Waals surface area (Å²) in [7, 11) is 0. The molecule has 17 heavy (non-hydrogen) atoms. The van der Waals surface area contributed by atoms with Gasteiger partial charge in [0.15, 0.2) is 5.09 Å². The van der Waals surface area contributed by atoms with E-state index in [9.17, 15) is 5.11 Å². The van der Waals surface area contributed by atoms with Crippen LogP contribution in [0.3, 0.4) is 0 Å². The van der Waals surface area contributed by atoms with E-state index in [-0.39, 0.29) is 15.7 Å². The van der Waals surface area contributed by atoms with Crippen LogP contribution in [0.15, 0.2) is 34.6 Å². The van der Waals surface area contributed by atoms with E-state index in [1.165, 1.54) is 0 Å². The first-order valence-electron chi connectivity index (χ1n) is 4.92. The van der Waals surface area contributed by atoms with Gasteiger partial charge in [-0.25, -0.2) is 0 Å². The van der Waals surface area contributed by atoms with Crippen molar-refractivity contribution in [3.8, 4) is 6.07 Å². The van der Waals surface area contributed by atoms with Gasteiger partial charge in [-0.3, -0.25) is 5.41 Å². The molecule has 3 rings (SSSR count). The van der Waals surface area contributed by atoms with Crippen molar-refractivity contribution in [1.29, 1.82) is 10.7 Å². The van der Waals surface area contributed by atoms with Crippen LogP contribution < -0.4 is 5.73 Å². The minimum atomic E-state index is -0.399. The monoisotopic (exact) mass is 244 g/mol. The Bertz CT molecular complexity index is 647. The molecule has 0 aliphatic carbocycles. The van der Waals surface area contributed by atoms with E-state index in [0.717, 1.165) is 17.5 Å². The molecule has 0 saturated heterocycles. The standard InChI is InChI=1S/C11H8N4OS/c12-4-5-7-6-2-1-3-15(6)9(13)8(7)10(14)17-11(5)16/h1-3,7,14,16H,13H2/t7-/m1/s1. The summed E-state index contributed by atoms with van der Waals surface area (Å²) >= 11 is 0.873. The minimum absolute atomic E-state index is 0.103. The van der Waals surface area contributed by atoms with E-state index in [2.05, 4.69) is 0 Å². The summed E-state index contributed by atoms with van der Waals surface area (Å²) in [5, 5.41) is 26.8. The quantitative estimate of drug-likeness (QED) is 0.647. The number of aromatic nitrogens is 1. The molecule has 1 aromatic heterocycles. The van der Waals surface area contributed by atoms with Gasteiger partial charge < -0.3 is 15.4 Å². The average Bonchev–Trinajstić information content (AvgIpc) is 2.83. The Balaban J connectivity index is 2.33. The Morgan fingerprint density at radius 1 is 1.59 bits per heavy atom. The molecule has 6 heteroatoms. The number of hydrogen-bond acceptors (Lipinski definition) is 5. The lowest BCUT2D eigenvalue weighted by Gasteiger charge is -2.20. The first-order chi connectivity index (χ1) is 8.15. The van der Waals surface area contributed by atoms with Crippen LogP contribution in [0.2, 0.25) is 0 Å². The Morgan fingerprint density at radius 3 is 3.06 bits per heavy atom. The topological polar surface area (TPSA) is 98.8 Å². The zero-order valence-electron chi connectivity index (χ0n) is 8.64. The Morgan fingerprint density at radius 2 is 2.35 bits per heavy atom. The van der Waals surface area contributed by atoms with E-state index in [1.807, 2.05) is 18.2 Å². The highest BCUT2D eigenvalue weighted by Gasteiger charge is 2.40. The van der Waals surface area contributed by atoms with Gasteiger partial charge in [-0.2, -0.15) is 5.26 Å². The van der Waals surface area contributed by atoms with Crippen molar-refractivity contribution in [3.63, 3.8) is 0 Å². The second kappa shape index (κ2) is 3.18. The van der Waals surface area contributed by atoms with E-state index >= 15 is 0 Å². The number of nitriles is 1. The maximum absolute atomic E-state index is 9.74. The lowest BCUT2D eigenvalue weighted by Crippen LogP contribution is -2.16. The number of allylic oxidation sites excluding steroid dienone is 1. The molecule has 0 saturated carbocycles. The van der Waals surface area contributed by atoms with Crippen molar-refractivity contribution in [1.82, 2.24) is 4.57 Å². The minimum Gasteiger partial charge on any atom is -0.501 e. The van der Waals surface area contributed by atoms with Gasteiger partial charge in [0.05, 0.1) is 11.5 Å². The second-order valence-electron chi connectivity index (χ2n) is 3.80. The molecular formula is C11H8N4OS. The summed E-state index contributed by atoms with van der Waals surface area (Å²) in [6.07, 6.45) is 1.79. The molecule has 3 heterocycles. The zero-order chi connectivity index (χ0) is 12.2. The van der Waals surface area contributed by atoms with Crippen LogP contribution in [0.4, 0.5) is 0 Å². The molecular weight excluding hydrogens is 236 g/mol. The number of aliphatic hydroxyl groups is 1. The molecule has 0 bridgehead atoms. The molecule has 0 spiro atoms. The van der Waals surface area contributed by atoms with E-state index in [1.54, 1.807) is 10.8 Å². The van der Waals surface area contributed by atoms with Crippen molar-refractivity contribution < 1.29 is 5.11 Å². The van der Waals surface area contributed by atoms with Crippen molar-refractivity contribution in [3.05, 3.63) is 40.3 Å². The first-order valence-corrected chi connectivity index (χ1v) is 5.74. The van der Waals surface area contributed by atoms with Crippen LogP contribution in [0.1, 0.15) is 11.6 Å². The highest BCUT2D eigenvalue weighted by atomic mass is 32.2. The van der Waals surface area contributed by atoms with Crippen LogP contribution in [-0.4, -0.2) is 14.7 Å². The third-order valence-electron chi connectivity index (χ3n) is 2.98. The van der Waals surface area contributed by atoms with Gasteiger partial charge in [0, 0.05) is 17.5 Å². The molecule has 84 valence electrons. The fourth-order valence-corrected chi connectivity index (χ4v) is 3.06. The lowest BCUT2D eigenvalue weighted by molar-refractivity contribution is 0.449. The predicted molar refractivity (Wildman–Crippen MR) is 65.2 cm³/mol. The Labute approximate surface area is 101 Å².